The first kappa shape index (κ1) is 20.3. The van der Waals surface area contributed by atoms with Crippen LogP contribution in [0, 0.1) is 5.82 Å². The summed E-state index contributed by atoms with van der Waals surface area (Å²) in [5, 5.41) is 1.97. The molecule has 3 aromatic carbocycles. The zero-order valence-corrected chi connectivity index (χ0v) is 17.4. The molecule has 0 aliphatic heterocycles. The molecule has 0 radical (unpaired) electrons. The summed E-state index contributed by atoms with van der Waals surface area (Å²) in [5.74, 6) is -0.758. The lowest BCUT2D eigenvalue weighted by Crippen LogP contribution is -2.30. The molecule has 0 bridgehead atoms. The van der Waals surface area contributed by atoms with Crippen molar-refractivity contribution in [3.63, 3.8) is 0 Å². The van der Waals surface area contributed by atoms with Crippen LogP contribution in [0.1, 0.15) is 21.5 Å². The van der Waals surface area contributed by atoms with Gasteiger partial charge in [-0.15, -0.1) is 0 Å². The van der Waals surface area contributed by atoms with Crippen molar-refractivity contribution in [2.24, 2.45) is 0 Å². The number of fused-ring (bicyclic) bond motifs is 1. The van der Waals surface area contributed by atoms with Gasteiger partial charge in [0.05, 0.1) is 5.52 Å². The summed E-state index contributed by atoms with van der Waals surface area (Å²) in [4.78, 5) is 19.3. The van der Waals surface area contributed by atoms with Crippen LogP contribution in [0.15, 0.2) is 79.0 Å². The molecule has 0 spiro atoms. The first-order valence-electron chi connectivity index (χ1n) is 9.32. The summed E-state index contributed by atoms with van der Waals surface area (Å²) < 4.78 is 13.7. The largest absolute Gasteiger partial charge is 0.330 e. The molecule has 0 aliphatic rings. The molecule has 1 amide bonds. The molecular formula is C24H17Cl2FN2O. The number of halogens is 3. The quantitative estimate of drug-likeness (QED) is 0.355. The van der Waals surface area contributed by atoms with E-state index in [1.54, 1.807) is 35.4 Å². The van der Waals surface area contributed by atoms with Gasteiger partial charge >= 0.3 is 0 Å². The van der Waals surface area contributed by atoms with Gasteiger partial charge in [0.15, 0.2) is 0 Å². The molecule has 6 heteroatoms. The van der Waals surface area contributed by atoms with Crippen LogP contribution >= 0.6 is 23.2 Å². The first-order valence-corrected chi connectivity index (χ1v) is 10.1. The highest BCUT2D eigenvalue weighted by atomic mass is 35.5. The molecule has 1 heterocycles. The van der Waals surface area contributed by atoms with E-state index < -0.39 is 5.82 Å². The Balaban J connectivity index is 1.68. The standard InChI is InChI=1S/C24H17Cl2FN2O/c25-20-9-8-19(22(26)12-20)15-29(24(30)18-5-3-6-21(27)11-18)14-16-10-17-4-1-2-7-23(17)28-13-16/h1-13H,14-15H2. The van der Waals surface area contributed by atoms with Crippen molar-refractivity contribution in [2.45, 2.75) is 13.1 Å². The molecule has 0 atom stereocenters. The number of carbonyl (C=O) groups excluding carboxylic acids is 1. The van der Waals surface area contributed by atoms with E-state index in [1.807, 2.05) is 30.3 Å². The summed E-state index contributed by atoms with van der Waals surface area (Å²) >= 11 is 12.3. The van der Waals surface area contributed by atoms with E-state index in [2.05, 4.69) is 4.98 Å². The molecule has 0 saturated heterocycles. The highest BCUT2D eigenvalue weighted by Gasteiger charge is 2.19. The number of benzene rings is 3. The van der Waals surface area contributed by atoms with Crippen molar-refractivity contribution in [2.75, 3.05) is 0 Å². The minimum absolute atomic E-state index is 0.248. The summed E-state index contributed by atoms with van der Waals surface area (Å²) in [6, 6.07) is 20.6. The summed E-state index contributed by atoms with van der Waals surface area (Å²) in [6.45, 7) is 0.546. The molecule has 30 heavy (non-hydrogen) atoms. The molecule has 0 aliphatic carbocycles. The topological polar surface area (TPSA) is 33.2 Å². The summed E-state index contributed by atoms with van der Waals surface area (Å²) in [6.07, 6.45) is 1.75. The van der Waals surface area contributed by atoms with Gasteiger partial charge in [0.2, 0.25) is 0 Å². The van der Waals surface area contributed by atoms with Crippen LogP contribution < -0.4 is 0 Å². The highest BCUT2D eigenvalue weighted by Crippen LogP contribution is 2.24. The number of hydrogen-bond acceptors (Lipinski definition) is 2. The van der Waals surface area contributed by atoms with Crippen LogP contribution in [0.4, 0.5) is 4.39 Å². The Morgan fingerprint density at radius 2 is 1.77 bits per heavy atom. The Morgan fingerprint density at radius 3 is 2.57 bits per heavy atom. The number of pyridine rings is 1. The molecule has 3 nitrogen and oxygen atoms in total. The molecular weight excluding hydrogens is 422 g/mol. The summed E-state index contributed by atoms with van der Waals surface area (Å²) in [7, 11) is 0. The van der Waals surface area contributed by atoms with Crippen LogP contribution in [-0.2, 0) is 13.1 Å². The Labute approximate surface area is 183 Å². The van der Waals surface area contributed by atoms with Crippen LogP contribution in [0.3, 0.4) is 0 Å². The minimum atomic E-state index is -0.460. The number of rotatable bonds is 5. The smallest absolute Gasteiger partial charge is 0.254 e. The number of nitrogens with zero attached hydrogens (tertiary/aromatic N) is 2. The van der Waals surface area contributed by atoms with Crippen LogP contribution in [0.25, 0.3) is 10.9 Å². The molecule has 4 aromatic rings. The van der Waals surface area contributed by atoms with Crippen LogP contribution in [0.2, 0.25) is 10.0 Å². The zero-order chi connectivity index (χ0) is 21.1. The number of amides is 1. The lowest BCUT2D eigenvalue weighted by molar-refractivity contribution is 0.0729. The predicted molar refractivity (Wildman–Crippen MR) is 118 cm³/mol. The van der Waals surface area contributed by atoms with Crippen molar-refractivity contribution in [3.8, 4) is 0 Å². The average Bonchev–Trinajstić information content (AvgIpc) is 2.74. The Bertz CT molecular complexity index is 1230. The maximum atomic E-state index is 13.7. The minimum Gasteiger partial charge on any atom is -0.330 e. The normalized spacial score (nSPS) is 10.9. The number of para-hydroxylation sites is 1. The molecule has 150 valence electrons. The fourth-order valence-corrected chi connectivity index (χ4v) is 3.75. The van der Waals surface area contributed by atoms with E-state index in [-0.39, 0.29) is 18.0 Å². The maximum absolute atomic E-state index is 13.7. The van der Waals surface area contributed by atoms with Crippen molar-refractivity contribution in [1.82, 2.24) is 9.88 Å². The van der Waals surface area contributed by atoms with Gasteiger partial charge in [-0.2, -0.15) is 0 Å². The molecule has 1 aromatic heterocycles. The van der Waals surface area contributed by atoms with E-state index in [4.69, 9.17) is 23.2 Å². The molecule has 0 fully saturated rings. The fourth-order valence-electron chi connectivity index (χ4n) is 3.28. The van der Waals surface area contributed by atoms with E-state index >= 15 is 0 Å². The van der Waals surface area contributed by atoms with Crippen molar-refractivity contribution in [1.29, 1.82) is 0 Å². The van der Waals surface area contributed by atoms with E-state index in [9.17, 15) is 9.18 Å². The van der Waals surface area contributed by atoms with Gasteiger partial charge in [-0.3, -0.25) is 9.78 Å². The number of carbonyl (C=O) groups is 1. The van der Waals surface area contributed by atoms with E-state index in [0.29, 0.717) is 16.6 Å². The lowest BCUT2D eigenvalue weighted by Gasteiger charge is -2.24. The fraction of sp³-hybridized carbons (Fsp3) is 0.0833. The second-order valence-electron chi connectivity index (χ2n) is 6.94. The average molecular weight is 439 g/mol. The SMILES string of the molecule is O=C(c1cccc(F)c1)N(Cc1cnc2ccccc2c1)Cc1ccc(Cl)cc1Cl. The van der Waals surface area contributed by atoms with E-state index in [0.717, 1.165) is 22.0 Å². The number of aromatic nitrogens is 1. The molecule has 4 rings (SSSR count). The maximum Gasteiger partial charge on any atom is 0.254 e. The van der Waals surface area contributed by atoms with Crippen molar-refractivity contribution >= 4 is 40.0 Å². The Hall–Kier alpha value is -2.95. The van der Waals surface area contributed by atoms with Gasteiger partial charge in [0.25, 0.3) is 5.91 Å². The number of hydrogen-bond donors (Lipinski definition) is 0. The highest BCUT2D eigenvalue weighted by molar-refractivity contribution is 6.35. The van der Waals surface area contributed by atoms with Gasteiger partial charge in [-0.1, -0.05) is 53.5 Å². The summed E-state index contributed by atoms with van der Waals surface area (Å²) in [5.41, 5.74) is 2.77. The third-order valence-corrected chi connectivity index (χ3v) is 5.34. The molecule has 0 unspecified atom stereocenters. The predicted octanol–water partition coefficient (Wildman–Crippen LogP) is 6.52. The van der Waals surface area contributed by atoms with Crippen LogP contribution in [0.5, 0.6) is 0 Å². The zero-order valence-electron chi connectivity index (χ0n) is 15.9. The second kappa shape index (κ2) is 8.82. The van der Waals surface area contributed by atoms with Gasteiger partial charge < -0.3 is 4.90 Å². The monoisotopic (exact) mass is 438 g/mol. The van der Waals surface area contributed by atoms with Gasteiger partial charge in [-0.25, -0.2) is 4.39 Å². The Kier molecular flexibility index (Phi) is 5.98. The third kappa shape index (κ3) is 4.61. The van der Waals surface area contributed by atoms with Gasteiger partial charge in [0.1, 0.15) is 5.82 Å². The van der Waals surface area contributed by atoms with Crippen LogP contribution in [-0.4, -0.2) is 15.8 Å². The van der Waals surface area contributed by atoms with Gasteiger partial charge in [0, 0.05) is 40.3 Å². The molecule has 0 saturated carbocycles. The van der Waals surface area contributed by atoms with E-state index in [1.165, 1.54) is 18.2 Å². The molecule has 0 N–H and O–H groups in total. The van der Waals surface area contributed by atoms with Gasteiger partial charge in [-0.05, 0) is 53.6 Å². The third-order valence-electron chi connectivity index (χ3n) is 4.76. The van der Waals surface area contributed by atoms with Crippen molar-refractivity contribution in [3.05, 3.63) is 112 Å². The lowest BCUT2D eigenvalue weighted by atomic mass is 10.1. The first-order chi connectivity index (χ1) is 14.5. The second-order valence-corrected chi connectivity index (χ2v) is 7.79. The Morgan fingerprint density at radius 1 is 0.933 bits per heavy atom. The van der Waals surface area contributed by atoms with Crippen molar-refractivity contribution < 1.29 is 9.18 Å².